The van der Waals surface area contributed by atoms with Crippen LogP contribution in [0, 0.1) is 5.92 Å². The Balaban J connectivity index is 1.52. The molecule has 1 aliphatic carbocycles. The Kier molecular flexibility index (Phi) is 11.3. The number of hydrogen-bond donors (Lipinski definition) is 0. The lowest BCUT2D eigenvalue weighted by atomic mass is 9.75. The van der Waals surface area contributed by atoms with Gasteiger partial charge in [0.2, 0.25) is 11.7 Å². The molecule has 4 rings (SSSR count). The molecule has 1 heterocycles. The number of amides is 1. The zero-order valence-corrected chi connectivity index (χ0v) is 24.9. The Hall–Kier alpha value is -3.26. The van der Waals surface area contributed by atoms with Crippen LogP contribution in [-0.2, 0) is 25.7 Å². The molecule has 2 fully saturated rings. The molecule has 0 bridgehead atoms. The van der Waals surface area contributed by atoms with Gasteiger partial charge in [-0.15, -0.1) is 0 Å². The first-order valence-corrected chi connectivity index (χ1v) is 14.9. The molecular weight excluding hydrogens is 522 g/mol. The predicted octanol–water partition coefficient (Wildman–Crippen LogP) is 5.91. The molecule has 2 aromatic carbocycles. The van der Waals surface area contributed by atoms with Crippen LogP contribution < -0.4 is 14.2 Å². The van der Waals surface area contributed by atoms with E-state index < -0.39 is 18.1 Å². The maximum atomic E-state index is 14.5. The van der Waals surface area contributed by atoms with Crippen LogP contribution in [0.15, 0.2) is 42.5 Å². The third-order valence-electron chi connectivity index (χ3n) is 8.27. The molecule has 41 heavy (non-hydrogen) atoms. The van der Waals surface area contributed by atoms with Crippen LogP contribution in [-0.4, -0.2) is 63.4 Å². The van der Waals surface area contributed by atoms with Crippen LogP contribution in [0.2, 0.25) is 0 Å². The van der Waals surface area contributed by atoms with Gasteiger partial charge in [0, 0.05) is 6.54 Å². The standard InChI is InChI=1S/C33H45NO7/c1-23(21-40-22-24-13-7-5-8-14-24)41-33(36)27-17-11-12-18-34(27)32(35)30(25-15-9-6-10-16-25)26-19-28(37-2)31(39-4)29(20-26)38-3/h5,7-8,13-14,19-20,23,25,27,30H,6,9-12,15-18,21-22H2,1-4H3/t23-,27?,30+/m1/s1. The SMILES string of the molecule is COc1cc([C@@H](C(=O)N2CCCCC2C(=O)O[C@H](C)COCc2ccccc2)C2CCCCC2)cc(OC)c1OC. The summed E-state index contributed by atoms with van der Waals surface area (Å²) in [5, 5.41) is 0. The van der Waals surface area contributed by atoms with Gasteiger partial charge < -0.3 is 28.6 Å². The summed E-state index contributed by atoms with van der Waals surface area (Å²) >= 11 is 0. The third-order valence-corrected chi connectivity index (χ3v) is 8.27. The van der Waals surface area contributed by atoms with Gasteiger partial charge >= 0.3 is 5.97 Å². The van der Waals surface area contributed by atoms with Crippen molar-refractivity contribution < 1.29 is 33.3 Å². The van der Waals surface area contributed by atoms with E-state index in [1.54, 1.807) is 26.2 Å². The number of hydrogen-bond acceptors (Lipinski definition) is 7. The van der Waals surface area contributed by atoms with Crippen LogP contribution in [0.4, 0.5) is 0 Å². The minimum atomic E-state index is -0.610. The average Bonchev–Trinajstić information content (AvgIpc) is 3.01. The minimum absolute atomic E-state index is 0.0270. The van der Waals surface area contributed by atoms with Crippen molar-refractivity contribution in [2.75, 3.05) is 34.5 Å². The van der Waals surface area contributed by atoms with E-state index in [0.29, 0.717) is 36.8 Å². The fourth-order valence-corrected chi connectivity index (χ4v) is 6.21. The van der Waals surface area contributed by atoms with Crippen molar-refractivity contribution >= 4 is 11.9 Å². The number of piperidine rings is 1. The fourth-order valence-electron chi connectivity index (χ4n) is 6.21. The molecule has 0 spiro atoms. The number of methoxy groups -OCH3 is 3. The lowest BCUT2D eigenvalue weighted by molar-refractivity contribution is -0.164. The number of esters is 1. The van der Waals surface area contributed by atoms with Crippen LogP contribution >= 0.6 is 0 Å². The molecular formula is C33H45NO7. The van der Waals surface area contributed by atoms with Gasteiger partial charge in [0.25, 0.3) is 0 Å². The van der Waals surface area contributed by atoms with Crippen LogP contribution in [0.1, 0.15) is 75.3 Å². The Morgan fingerprint density at radius 2 is 1.54 bits per heavy atom. The molecule has 3 atom stereocenters. The van der Waals surface area contributed by atoms with Crippen molar-refractivity contribution in [1.82, 2.24) is 4.90 Å². The highest BCUT2D eigenvalue weighted by Crippen LogP contribution is 2.45. The van der Waals surface area contributed by atoms with Gasteiger partial charge in [0.1, 0.15) is 12.1 Å². The van der Waals surface area contributed by atoms with Gasteiger partial charge in [-0.3, -0.25) is 4.79 Å². The first kappa shape index (κ1) is 30.7. The number of ether oxygens (including phenoxy) is 5. The number of likely N-dealkylation sites (tertiary alicyclic amines) is 1. The average molecular weight is 568 g/mol. The fraction of sp³-hybridized carbons (Fsp3) is 0.576. The van der Waals surface area contributed by atoms with E-state index in [2.05, 4.69) is 0 Å². The number of benzene rings is 2. The van der Waals surface area contributed by atoms with E-state index in [0.717, 1.165) is 49.7 Å². The molecule has 1 saturated carbocycles. The van der Waals surface area contributed by atoms with Crippen LogP contribution in [0.3, 0.4) is 0 Å². The van der Waals surface area contributed by atoms with E-state index in [1.807, 2.05) is 49.4 Å². The summed E-state index contributed by atoms with van der Waals surface area (Å²) in [6.45, 7) is 3.11. The topological polar surface area (TPSA) is 83.5 Å². The number of carbonyl (C=O) groups is 2. The molecule has 2 aliphatic rings. The van der Waals surface area contributed by atoms with Gasteiger partial charge in [0.15, 0.2) is 11.5 Å². The van der Waals surface area contributed by atoms with Crippen molar-refractivity contribution in [3.05, 3.63) is 53.6 Å². The summed E-state index contributed by atoms with van der Waals surface area (Å²) < 4.78 is 28.4. The van der Waals surface area contributed by atoms with Gasteiger partial charge in [-0.2, -0.15) is 0 Å². The molecule has 1 amide bonds. The van der Waals surface area contributed by atoms with E-state index in [-0.39, 0.29) is 24.4 Å². The molecule has 224 valence electrons. The van der Waals surface area contributed by atoms with Crippen molar-refractivity contribution in [2.24, 2.45) is 5.92 Å². The van der Waals surface area contributed by atoms with Gasteiger partial charge in [-0.1, -0.05) is 49.6 Å². The Bertz CT molecular complexity index is 1110. The van der Waals surface area contributed by atoms with Crippen molar-refractivity contribution in [3.8, 4) is 17.2 Å². The molecule has 1 aliphatic heterocycles. The molecule has 0 N–H and O–H groups in total. The number of nitrogens with zero attached hydrogens (tertiary/aromatic N) is 1. The highest BCUT2D eigenvalue weighted by atomic mass is 16.6. The van der Waals surface area contributed by atoms with Crippen LogP contribution in [0.25, 0.3) is 0 Å². The summed E-state index contributed by atoms with van der Waals surface area (Å²) in [6, 6.07) is 13.1. The molecule has 0 radical (unpaired) electrons. The van der Waals surface area contributed by atoms with E-state index in [9.17, 15) is 9.59 Å². The molecule has 1 unspecified atom stereocenters. The highest BCUT2D eigenvalue weighted by Gasteiger charge is 2.41. The summed E-state index contributed by atoms with van der Waals surface area (Å²) in [5.74, 6) is 0.911. The molecule has 8 heteroatoms. The second-order valence-corrected chi connectivity index (χ2v) is 11.1. The minimum Gasteiger partial charge on any atom is -0.493 e. The second-order valence-electron chi connectivity index (χ2n) is 11.1. The van der Waals surface area contributed by atoms with Crippen molar-refractivity contribution in [3.63, 3.8) is 0 Å². The molecule has 2 aromatic rings. The normalized spacial score (nSPS) is 19.2. The van der Waals surface area contributed by atoms with Gasteiger partial charge in [-0.05, 0) is 68.2 Å². The molecule has 8 nitrogen and oxygen atoms in total. The van der Waals surface area contributed by atoms with Crippen molar-refractivity contribution in [2.45, 2.75) is 83.0 Å². The van der Waals surface area contributed by atoms with E-state index >= 15 is 0 Å². The first-order valence-electron chi connectivity index (χ1n) is 14.9. The summed E-state index contributed by atoms with van der Waals surface area (Å²) in [6.07, 6.45) is 7.19. The van der Waals surface area contributed by atoms with E-state index in [4.69, 9.17) is 23.7 Å². The largest absolute Gasteiger partial charge is 0.493 e. The monoisotopic (exact) mass is 567 g/mol. The quantitative estimate of drug-likeness (QED) is 0.295. The summed E-state index contributed by atoms with van der Waals surface area (Å²) in [5.41, 5.74) is 1.90. The van der Waals surface area contributed by atoms with E-state index in [1.165, 1.54) is 6.42 Å². The van der Waals surface area contributed by atoms with Gasteiger partial charge in [-0.25, -0.2) is 4.79 Å². The second kappa shape index (κ2) is 15.1. The van der Waals surface area contributed by atoms with Crippen molar-refractivity contribution in [1.29, 1.82) is 0 Å². The number of rotatable bonds is 12. The molecule has 1 saturated heterocycles. The zero-order valence-electron chi connectivity index (χ0n) is 24.9. The maximum Gasteiger partial charge on any atom is 0.329 e. The Morgan fingerprint density at radius 1 is 0.878 bits per heavy atom. The first-order chi connectivity index (χ1) is 20.0. The smallest absolute Gasteiger partial charge is 0.329 e. The Labute approximate surface area is 244 Å². The predicted molar refractivity (Wildman–Crippen MR) is 156 cm³/mol. The van der Waals surface area contributed by atoms with Gasteiger partial charge in [0.05, 0.1) is 40.5 Å². The highest BCUT2D eigenvalue weighted by molar-refractivity contribution is 5.89. The summed E-state index contributed by atoms with van der Waals surface area (Å²) in [4.78, 5) is 29.7. The molecule has 0 aromatic heterocycles. The lowest BCUT2D eigenvalue weighted by Crippen LogP contribution is -2.51. The summed E-state index contributed by atoms with van der Waals surface area (Å²) in [7, 11) is 4.74. The maximum absolute atomic E-state index is 14.5. The van der Waals surface area contributed by atoms with Crippen LogP contribution in [0.5, 0.6) is 17.2 Å². The zero-order chi connectivity index (χ0) is 29.2. The third kappa shape index (κ3) is 7.73. The Morgan fingerprint density at radius 3 is 2.17 bits per heavy atom. The number of carbonyl (C=O) groups excluding carboxylic acids is 2. The lowest BCUT2D eigenvalue weighted by Gasteiger charge is -2.39.